The highest BCUT2D eigenvalue weighted by molar-refractivity contribution is 5.90. The zero-order valence-corrected chi connectivity index (χ0v) is 16.0. The Bertz CT molecular complexity index is 1000. The Kier molecular flexibility index (Phi) is 5.41. The zero-order chi connectivity index (χ0) is 20.2. The summed E-state index contributed by atoms with van der Waals surface area (Å²) in [5.41, 5.74) is 1.30. The van der Waals surface area contributed by atoms with Gasteiger partial charge in [0.15, 0.2) is 5.82 Å². The molecule has 0 radical (unpaired) electrons. The molecule has 4 rings (SSSR count). The normalized spacial score (nSPS) is 13.8. The van der Waals surface area contributed by atoms with E-state index in [2.05, 4.69) is 15.5 Å². The number of nitrogens with zero attached hydrogens (tertiary/aromatic N) is 3. The molecule has 0 aliphatic carbocycles. The highest BCUT2D eigenvalue weighted by atomic mass is 19.1. The molecule has 150 valence electrons. The van der Waals surface area contributed by atoms with Crippen molar-refractivity contribution in [2.45, 2.75) is 19.3 Å². The van der Waals surface area contributed by atoms with Crippen molar-refractivity contribution in [1.82, 2.24) is 15.0 Å². The fourth-order valence-corrected chi connectivity index (χ4v) is 3.06. The Morgan fingerprint density at radius 3 is 2.90 bits per heavy atom. The SMILES string of the molecule is Cc1cccc(OCCc2noc(C3CN(C(=O)Nc4ccccc4F)C3)n2)c1. The summed E-state index contributed by atoms with van der Waals surface area (Å²) in [4.78, 5) is 18.2. The van der Waals surface area contributed by atoms with Crippen LogP contribution in [-0.4, -0.2) is 40.8 Å². The molecule has 29 heavy (non-hydrogen) atoms. The molecule has 2 heterocycles. The van der Waals surface area contributed by atoms with Gasteiger partial charge in [-0.3, -0.25) is 0 Å². The van der Waals surface area contributed by atoms with Crippen molar-refractivity contribution in [1.29, 1.82) is 0 Å². The number of nitrogens with one attached hydrogen (secondary N) is 1. The van der Waals surface area contributed by atoms with Gasteiger partial charge in [-0.25, -0.2) is 9.18 Å². The second kappa shape index (κ2) is 8.30. The molecule has 1 fully saturated rings. The molecule has 0 saturated carbocycles. The van der Waals surface area contributed by atoms with E-state index in [1.54, 1.807) is 17.0 Å². The highest BCUT2D eigenvalue weighted by Crippen LogP contribution is 2.26. The molecule has 0 atom stereocenters. The van der Waals surface area contributed by atoms with Gasteiger partial charge < -0.3 is 19.5 Å². The van der Waals surface area contributed by atoms with Gasteiger partial charge >= 0.3 is 6.03 Å². The second-order valence-electron chi connectivity index (χ2n) is 6.98. The predicted octanol–water partition coefficient (Wildman–Crippen LogP) is 3.77. The molecule has 1 aliphatic rings. The first-order valence-corrected chi connectivity index (χ1v) is 9.41. The van der Waals surface area contributed by atoms with Crippen molar-refractivity contribution in [2.24, 2.45) is 0 Å². The van der Waals surface area contributed by atoms with Crippen molar-refractivity contribution < 1.29 is 18.4 Å². The van der Waals surface area contributed by atoms with Gasteiger partial charge in [0, 0.05) is 19.5 Å². The van der Waals surface area contributed by atoms with Gasteiger partial charge in [0.2, 0.25) is 5.89 Å². The molecule has 1 saturated heterocycles. The number of hydrogen-bond donors (Lipinski definition) is 1. The summed E-state index contributed by atoms with van der Waals surface area (Å²) in [6, 6.07) is 13.5. The summed E-state index contributed by atoms with van der Waals surface area (Å²) in [5, 5.41) is 6.55. The number of urea groups is 1. The van der Waals surface area contributed by atoms with Crippen LogP contribution >= 0.6 is 0 Å². The van der Waals surface area contributed by atoms with Crippen LogP contribution in [0.25, 0.3) is 0 Å². The fourth-order valence-electron chi connectivity index (χ4n) is 3.06. The van der Waals surface area contributed by atoms with E-state index in [9.17, 15) is 9.18 Å². The number of benzene rings is 2. The number of halogens is 1. The quantitative estimate of drug-likeness (QED) is 0.686. The van der Waals surface area contributed by atoms with Crippen LogP contribution in [-0.2, 0) is 6.42 Å². The number of para-hydroxylation sites is 1. The Morgan fingerprint density at radius 1 is 1.28 bits per heavy atom. The average molecular weight is 396 g/mol. The molecular weight excluding hydrogens is 375 g/mol. The van der Waals surface area contributed by atoms with Crippen LogP contribution in [0.3, 0.4) is 0 Å². The number of hydrogen-bond acceptors (Lipinski definition) is 5. The lowest BCUT2D eigenvalue weighted by Gasteiger charge is -2.36. The van der Waals surface area contributed by atoms with E-state index in [0.29, 0.717) is 37.8 Å². The largest absolute Gasteiger partial charge is 0.493 e. The van der Waals surface area contributed by atoms with Crippen molar-refractivity contribution >= 4 is 11.7 Å². The van der Waals surface area contributed by atoms with Crippen molar-refractivity contribution in [3.63, 3.8) is 0 Å². The summed E-state index contributed by atoms with van der Waals surface area (Å²) in [5.74, 6) is 1.41. The van der Waals surface area contributed by atoms with Crippen LogP contribution in [0.5, 0.6) is 5.75 Å². The smallest absolute Gasteiger partial charge is 0.321 e. The van der Waals surface area contributed by atoms with Gasteiger partial charge in [-0.15, -0.1) is 0 Å². The molecule has 0 spiro atoms. The Morgan fingerprint density at radius 2 is 2.10 bits per heavy atom. The number of likely N-dealkylation sites (tertiary alicyclic amines) is 1. The molecule has 1 aliphatic heterocycles. The third-order valence-corrected chi connectivity index (χ3v) is 4.70. The first-order valence-electron chi connectivity index (χ1n) is 9.41. The van der Waals surface area contributed by atoms with Crippen LogP contribution in [0.4, 0.5) is 14.9 Å². The lowest BCUT2D eigenvalue weighted by atomic mass is 10.0. The van der Waals surface area contributed by atoms with Crippen LogP contribution in [0.2, 0.25) is 0 Å². The maximum atomic E-state index is 13.6. The number of aryl methyl sites for hydroxylation is 1. The fraction of sp³-hybridized carbons (Fsp3) is 0.286. The minimum atomic E-state index is -0.465. The number of rotatable bonds is 6. The third kappa shape index (κ3) is 4.53. The number of carbonyl (C=O) groups is 1. The summed E-state index contributed by atoms with van der Waals surface area (Å²) in [6.07, 6.45) is 0.529. The summed E-state index contributed by atoms with van der Waals surface area (Å²) in [7, 11) is 0. The number of amides is 2. The van der Waals surface area contributed by atoms with Gasteiger partial charge in [-0.05, 0) is 36.8 Å². The molecular formula is C21H21FN4O3. The molecule has 3 aromatic rings. The summed E-state index contributed by atoms with van der Waals surface area (Å²) < 4.78 is 24.7. The van der Waals surface area contributed by atoms with E-state index in [-0.39, 0.29) is 17.6 Å². The maximum Gasteiger partial charge on any atom is 0.321 e. The van der Waals surface area contributed by atoms with E-state index in [0.717, 1.165) is 11.3 Å². The Labute approximate surface area is 167 Å². The third-order valence-electron chi connectivity index (χ3n) is 4.70. The topological polar surface area (TPSA) is 80.5 Å². The van der Waals surface area contributed by atoms with Crippen LogP contribution < -0.4 is 10.1 Å². The number of aromatic nitrogens is 2. The van der Waals surface area contributed by atoms with Crippen molar-refractivity contribution in [3.8, 4) is 5.75 Å². The van der Waals surface area contributed by atoms with Crippen LogP contribution in [0, 0.1) is 12.7 Å². The molecule has 2 aromatic carbocycles. The lowest BCUT2D eigenvalue weighted by molar-refractivity contribution is 0.147. The van der Waals surface area contributed by atoms with Gasteiger partial charge in [-0.1, -0.05) is 29.4 Å². The van der Waals surface area contributed by atoms with Crippen molar-refractivity contribution in [3.05, 3.63) is 71.6 Å². The lowest BCUT2D eigenvalue weighted by Crippen LogP contribution is -2.50. The van der Waals surface area contributed by atoms with Gasteiger partial charge in [0.25, 0.3) is 0 Å². The van der Waals surface area contributed by atoms with E-state index >= 15 is 0 Å². The summed E-state index contributed by atoms with van der Waals surface area (Å²) >= 11 is 0. The Balaban J connectivity index is 1.23. The number of anilines is 1. The molecule has 1 N–H and O–H groups in total. The van der Waals surface area contributed by atoms with Crippen LogP contribution in [0.1, 0.15) is 23.2 Å². The molecule has 1 aromatic heterocycles. The molecule has 0 bridgehead atoms. The zero-order valence-electron chi connectivity index (χ0n) is 16.0. The first-order chi connectivity index (χ1) is 14.1. The van der Waals surface area contributed by atoms with Gasteiger partial charge in [0.1, 0.15) is 11.6 Å². The van der Waals surface area contributed by atoms with Crippen molar-refractivity contribution in [2.75, 3.05) is 25.0 Å². The van der Waals surface area contributed by atoms with Crippen LogP contribution in [0.15, 0.2) is 53.1 Å². The predicted molar refractivity (Wildman–Crippen MR) is 104 cm³/mol. The van der Waals surface area contributed by atoms with E-state index in [4.69, 9.17) is 9.26 Å². The van der Waals surface area contributed by atoms with E-state index in [1.165, 1.54) is 12.1 Å². The second-order valence-corrected chi connectivity index (χ2v) is 6.98. The first kappa shape index (κ1) is 18.9. The van der Waals surface area contributed by atoms with E-state index < -0.39 is 5.82 Å². The standard InChI is InChI=1S/C21H21FN4O3/c1-14-5-4-6-16(11-14)28-10-9-19-24-20(29-25-19)15-12-26(13-15)21(27)23-18-8-3-2-7-17(18)22/h2-8,11,15H,9-10,12-13H2,1H3,(H,23,27). The van der Waals surface area contributed by atoms with E-state index in [1.807, 2.05) is 31.2 Å². The van der Waals surface area contributed by atoms with Gasteiger partial charge in [0.05, 0.1) is 18.2 Å². The van der Waals surface area contributed by atoms with Gasteiger partial charge in [-0.2, -0.15) is 4.98 Å². The molecule has 0 unspecified atom stereocenters. The average Bonchev–Trinajstić information content (AvgIpc) is 3.11. The molecule has 2 amide bonds. The minimum absolute atomic E-state index is 0.0136. The highest BCUT2D eigenvalue weighted by Gasteiger charge is 2.35. The molecule has 8 heteroatoms. The monoisotopic (exact) mass is 396 g/mol. The summed E-state index contributed by atoms with van der Waals surface area (Å²) in [6.45, 7) is 3.35. The maximum absolute atomic E-state index is 13.6. The minimum Gasteiger partial charge on any atom is -0.493 e. The number of carbonyl (C=O) groups excluding carboxylic acids is 1. The molecule has 7 nitrogen and oxygen atoms in total. The Hall–Kier alpha value is -3.42. The number of ether oxygens (including phenoxy) is 1.